The fraction of sp³-hybridized carbons (Fsp3) is 0.455. The van der Waals surface area contributed by atoms with Crippen LogP contribution in [0.5, 0.6) is 0 Å². The summed E-state index contributed by atoms with van der Waals surface area (Å²) >= 11 is 0. The van der Waals surface area contributed by atoms with E-state index in [2.05, 4.69) is 22.8 Å². The van der Waals surface area contributed by atoms with Crippen LogP contribution in [0.25, 0.3) is 0 Å². The van der Waals surface area contributed by atoms with Crippen molar-refractivity contribution in [2.24, 2.45) is 0 Å². The van der Waals surface area contributed by atoms with E-state index in [1.807, 2.05) is 18.2 Å². The summed E-state index contributed by atoms with van der Waals surface area (Å²) in [5, 5.41) is 6.77. The molecule has 3 heteroatoms. The Morgan fingerprint density at radius 1 is 1.36 bits per heavy atom. The van der Waals surface area contributed by atoms with Crippen molar-refractivity contribution in [1.29, 1.82) is 0 Å². The van der Waals surface area contributed by atoms with E-state index in [4.69, 9.17) is 4.74 Å². The highest BCUT2D eigenvalue weighted by Gasteiger charge is 2.11. The van der Waals surface area contributed by atoms with Crippen LogP contribution in [-0.4, -0.2) is 32.3 Å². The molecule has 0 unspecified atom stereocenters. The topological polar surface area (TPSA) is 33.3 Å². The molecule has 1 fully saturated rings. The van der Waals surface area contributed by atoms with Crippen LogP contribution < -0.4 is 10.6 Å². The lowest BCUT2D eigenvalue weighted by Crippen LogP contribution is -2.45. The number of para-hydroxylation sites is 1. The zero-order chi connectivity index (χ0) is 9.64. The summed E-state index contributed by atoms with van der Waals surface area (Å²) in [6.07, 6.45) is 0. The van der Waals surface area contributed by atoms with Gasteiger partial charge in [0.1, 0.15) is 0 Å². The van der Waals surface area contributed by atoms with Gasteiger partial charge < -0.3 is 15.4 Å². The summed E-state index contributed by atoms with van der Waals surface area (Å²) in [6, 6.07) is 10.7. The van der Waals surface area contributed by atoms with Crippen LogP contribution in [0, 0.1) is 0 Å². The van der Waals surface area contributed by atoms with Gasteiger partial charge in [0, 0.05) is 24.8 Å². The summed E-state index contributed by atoms with van der Waals surface area (Å²) < 4.78 is 5.37. The van der Waals surface area contributed by atoms with Crippen molar-refractivity contribution in [2.75, 3.05) is 31.6 Å². The second kappa shape index (κ2) is 4.98. The van der Waals surface area contributed by atoms with Gasteiger partial charge in [0.15, 0.2) is 0 Å². The van der Waals surface area contributed by atoms with E-state index in [1.165, 1.54) is 5.69 Å². The number of hydrogen-bond donors (Lipinski definition) is 2. The van der Waals surface area contributed by atoms with Crippen LogP contribution >= 0.6 is 0 Å². The molecule has 1 aromatic carbocycles. The molecule has 0 amide bonds. The molecule has 1 aliphatic heterocycles. The lowest BCUT2D eigenvalue weighted by Gasteiger charge is -2.24. The number of benzene rings is 1. The minimum absolute atomic E-state index is 0.434. The fourth-order valence-corrected chi connectivity index (χ4v) is 1.55. The SMILES string of the molecule is c1ccc(NC[C@H]2COCCN2)cc1. The Kier molecular flexibility index (Phi) is 3.38. The summed E-state index contributed by atoms with van der Waals surface area (Å²) in [7, 11) is 0. The second-order valence-electron chi connectivity index (χ2n) is 3.47. The van der Waals surface area contributed by atoms with Gasteiger partial charge in [-0.3, -0.25) is 0 Å². The molecule has 0 saturated carbocycles. The third kappa shape index (κ3) is 2.72. The second-order valence-corrected chi connectivity index (χ2v) is 3.47. The highest BCUT2D eigenvalue weighted by molar-refractivity contribution is 5.42. The molecule has 1 heterocycles. The molecule has 1 saturated heterocycles. The van der Waals surface area contributed by atoms with Crippen LogP contribution in [0.1, 0.15) is 0 Å². The summed E-state index contributed by atoms with van der Waals surface area (Å²) in [4.78, 5) is 0. The van der Waals surface area contributed by atoms with Crippen LogP contribution in [0.3, 0.4) is 0 Å². The number of anilines is 1. The molecule has 0 aliphatic carbocycles. The van der Waals surface area contributed by atoms with Gasteiger partial charge in [0.05, 0.1) is 13.2 Å². The van der Waals surface area contributed by atoms with Gasteiger partial charge in [-0.25, -0.2) is 0 Å². The predicted molar refractivity (Wildman–Crippen MR) is 57.5 cm³/mol. The molecule has 0 bridgehead atoms. The Hall–Kier alpha value is -1.06. The van der Waals surface area contributed by atoms with Gasteiger partial charge in [-0.15, -0.1) is 0 Å². The zero-order valence-electron chi connectivity index (χ0n) is 8.20. The minimum Gasteiger partial charge on any atom is -0.383 e. The Labute approximate surface area is 84.5 Å². The standard InChI is InChI=1S/C11H16N2O/c1-2-4-10(5-3-1)13-8-11-9-14-7-6-12-11/h1-5,11-13H,6-9H2/t11-/m0/s1. The van der Waals surface area contributed by atoms with E-state index in [1.54, 1.807) is 0 Å². The first-order valence-electron chi connectivity index (χ1n) is 5.05. The average molecular weight is 192 g/mol. The monoisotopic (exact) mass is 192 g/mol. The number of hydrogen-bond acceptors (Lipinski definition) is 3. The number of ether oxygens (including phenoxy) is 1. The van der Waals surface area contributed by atoms with Gasteiger partial charge in [0.25, 0.3) is 0 Å². The molecule has 2 rings (SSSR count). The first-order chi connectivity index (χ1) is 6.95. The van der Waals surface area contributed by atoms with E-state index in [0.717, 1.165) is 26.3 Å². The summed E-state index contributed by atoms with van der Waals surface area (Å²) in [5.74, 6) is 0. The lowest BCUT2D eigenvalue weighted by atomic mass is 10.2. The molecule has 2 N–H and O–H groups in total. The van der Waals surface area contributed by atoms with E-state index in [0.29, 0.717) is 6.04 Å². The molecule has 0 spiro atoms. The summed E-state index contributed by atoms with van der Waals surface area (Å²) in [6.45, 7) is 3.52. The van der Waals surface area contributed by atoms with E-state index in [9.17, 15) is 0 Å². The Bertz CT molecular complexity index is 257. The van der Waals surface area contributed by atoms with Crippen molar-refractivity contribution >= 4 is 5.69 Å². The van der Waals surface area contributed by atoms with Crippen molar-refractivity contribution < 1.29 is 4.74 Å². The smallest absolute Gasteiger partial charge is 0.0637 e. The summed E-state index contributed by atoms with van der Waals surface area (Å²) in [5.41, 5.74) is 1.17. The first-order valence-corrected chi connectivity index (χ1v) is 5.05. The third-order valence-electron chi connectivity index (χ3n) is 2.32. The van der Waals surface area contributed by atoms with Crippen LogP contribution in [0.4, 0.5) is 5.69 Å². The van der Waals surface area contributed by atoms with Crippen molar-refractivity contribution in [3.8, 4) is 0 Å². The average Bonchev–Trinajstić information content (AvgIpc) is 2.29. The Morgan fingerprint density at radius 2 is 2.21 bits per heavy atom. The molecule has 1 aliphatic rings. The quantitative estimate of drug-likeness (QED) is 0.752. The van der Waals surface area contributed by atoms with Crippen LogP contribution in [0.2, 0.25) is 0 Å². The van der Waals surface area contributed by atoms with Crippen LogP contribution in [-0.2, 0) is 4.74 Å². The van der Waals surface area contributed by atoms with E-state index >= 15 is 0 Å². The molecule has 76 valence electrons. The van der Waals surface area contributed by atoms with Crippen molar-refractivity contribution in [1.82, 2.24) is 5.32 Å². The van der Waals surface area contributed by atoms with Gasteiger partial charge in [-0.05, 0) is 12.1 Å². The Balaban J connectivity index is 1.76. The van der Waals surface area contributed by atoms with Gasteiger partial charge >= 0.3 is 0 Å². The van der Waals surface area contributed by atoms with Crippen molar-refractivity contribution in [3.63, 3.8) is 0 Å². The highest BCUT2D eigenvalue weighted by Crippen LogP contribution is 2.05. The minimum atomic E-state index is 0.434. The van der Waals surface area contributed by atoms with Crippen molar-refractivity contribution in [3.05, 3.63) is 30.3 Å². The largest absolute Gasteiger partial charge is 0.383 e. The van der Waals surface area contributed by atoms with Gasteiger partial charge in [-0.1, -0.05) is 18.2 Å². The molecule has 14 heavy (non-hydrogen) atoms. The molecular weight excluding hydrogens is 176 g/mol. The zero-order valence-corrected chi connectivity index (χ0v) is 8.20. The number of morpholine rings is 1. The molecule has 0 radical (unpaired) electrons. The lowest BCUT2D eigenvalue weighted by molar-refractivity contribution is 0.0806. The van der Waals surface area contributed by atoms with Gasteiger partial charge in [0.2, 0.25) is 0 Å². The molecule has 0 aromatic heterocycles. The maximum Gasteiger partial charge on any atom is 0.0637 e. The van der Waals surface area contributed by atoms with Gasteiger partial charge in [-0.2, -0.15) is 0 Å². The molecule has 3 nitrogen and oxygen atoms in total. The number of nitrogens with one attached hydrogen (secondary N) is 2. The number of rotatable bonds is 3. The van der Waals surface area contributed by atoms with E-state index in [-0.39, 0.29) is 0 Å². The predicted octanol–water partition coefficient (Wildman–Crippen LogP) is 1.09. The fourth-order valence-electron chi connectivity index (χ4n) is 1.55. The van der Waals surface area contributed by atoms with E-state index < -0.39 is 0 Å². The third-order valence-corrected chi connectivity index (χ3v) is 2.32. The molecule has 1 aromatic rings. The maximum atomic E-state index is 5.37. The maximum absolute atomic E-state index is 5.37. The molecular formula is C11H16N2O. The highest BCUT2D eigenvalue weighted by atomic mass is 16.5. The van der Waals surface area contributed by atoms with Crippen LogP contribution in [0.15, 0.2) is 30.3 Å². The first kappa shape index (κ1) is 9.49. The van der Waals surface area contributed by atoms with Crippen molar-refractivity contribution in [2.45, 2.75) is 6.04 Å². The molecule has 1 atom stereocenters. The Morgan fingerprint density at radius 3 is 2.93 bits per heavy atom. The normalized spacial score (nSPS) is 21.9.